The molecular weight excluding hydrogens is 272 g/mol. The van der Waals surface area contributed by atoms with Crippen LogP contribution in [0.25, 0.3) is 6.08 Å². The molecule has 0 radical (unpaired) electrons. The highest BCUT2D eigenvalue weighted by molar-refractivity contribution is 5.81. The number of allylic oxidation sites excluding steroid dienone is 2. The number of ether oxygens (including phenoxy) is 1. The van der Waals surface area contributed by atoms with Crippen molar-refractivity contribution < 1.29 is 9.53 Å². The lowest BCUT2D eigenvalue weighted by Crippen LogP contribution is -2.00. The van der Waals surface area contributed by atoms with Gasteiger partial charge in [0.15, 0.2) is 0 Å². The van der Waals surface area contributed by atoms with E-state index in [2.05, 4.69) is 31.2 Å². The van der Waals surface area contributed by atoms with Gasteiger partial charge in [-0.25, -0.2) is 4.79 Å². The van der Waals surface area contributed by atoms with E-state index in [0.29, 0.717) is 13.0 Å². The number of carbonyl (C=O) groups excluding carboxylic acids is 1. The van der Waals surface area contributed by atoms with Crippen molar-refractivity contribution in [2.45, 2.75) is 20.0 Å². The maximum Gasteiger partial charge on any atom is 0.330 e. The molecule has 2 nitrogen and oxygen atoms in total. The molecule has 2 rings (SSSR count). The number of rotatable bonds is 6. The van der Waals surface area contributed by atoms with Gasteiger partial charge in [0.25, 0.3) is 0 Å². The van der Waals surface area contributed by atoms with Crippen molar-refractivity contribution in [3.63, 3.8) is 0 Å². The van der Waals surface area contributed by atoms with Crippen LogP contribution in [0, 0.1) is 6.92 Å². The van der Waals surface area contributed by atoms with Gasteiger partial charge in [-0.15, -0.1) is 0 Å². The molecule has 0 aromatic heterocycles. The van der Waals surface area contributed by atoms with E-state index < -0.39 is 0 Å². The van der Waals surface area contributed by atoms with Crippen LogP contribution in [-0.4, -0.2) is 5.97 Å². The minimum Gasteiger partial charge on any atom is -0.458 e. The molecule has 0 amide bonds. The van der Waals surface area contributed by atoms with Crippen LogP contribution < -0.4 is 0 Å². The van der Waals surface area contributed by atoms with Gasteiger partial charge in [0.2, 0.25) is 0 Å². The van der Waals surface area contributed by atoms with Gasteiger partial charge in [-0.05, 0) is 24.5 Å². The van der Waals surface area contributed by atoms with E-state index in [0.717, 1.165) is 11.1 Å². The molecular formula is C20H20O2. The highest BCUT2D eigenvalue weighted by Gasteiger charge is 1.97. The standard InChI is InChI=1S/C20H20O2/c1-17-12-14-18(15-13-17)8-4-3-7-11-20(21)22-16-19-9-5-2-6-10-19/h2,4-15H,3,16H2,1H3/b8-4+,11-7+. The van der Waals surface area contributed by atoms with Gasteiger partial charge in [0, 0.05) is 6.08 Å². The predicted molar refractivity (Wildman–Crippen MR) is 90.2 cm³/mol. The quantitative estimate of drug-likeness (QED) is 0.570. The van der Waals surface area contributed by atoms with Gasteiger partial charge in [-0.3, -0.25) is 0 Å². The summed E-state index contributed by atoms with van der Waals surface area (Å²) in [7, 11) is 0. The van der Waals surface area contributed by atoms with Gasteiger partial charge >= 0.3 is 5.97 Å². The third-order valence-corrected chi connectivity index (χ3v) is 3.14. The van der Waals surface area contributed by atoms with E-state index >= 15 is 0 Å². The number of hydrogen-bond donors (Lipinski definition) is 0. The topological polar surface area (TPSA) is 26.3 Å². The summed E-state index contributed by atoms with van der Waals surface area (Å²) in [5.74, 6) is -0.312. The Labute approximate surface area is 131 Å². The van der Waals surface area contributed by atoms with Gasteiger partial charge in [-0.2, -0.15) is 0 Å². The van der Waals surface area contributed by atoms with Gasteiger partial charge in [0.05, 0.1) is 0 Å². The fraction of sp³-hybridized carbons (Fsp3) is 0.150. The molecule has 0 atom stereocenters. The SMILES string of the molecule is Cc1ccc(/C=C/C/C=C/C(=O)OCc2ccccc2)cc1. The van der Waals surface area contributed by atoms with Crippen molar-refractivity contribution in [3.05, 3.63) is 89.5 Å². The highest BCUT2D eigenvalue weighted by Crippen LogP contribution is 2.06. The van der Waals surface area contributed by atoms with Crippen molar-refractivity contribution in [2.24, 2.45) is 0 Å². The molecule has 2 heteroatoms. The van der Waals surface area contributed by atoms with Crippen molar-refractivity contribution in [1.29, 1.82) is 0 Å². The Hall–Kier alpha value is -2.61. The number of benzene rings is 2. The molecule has 0 aliphatic rings. The number of aryl methyl sites for hydroxylation is 1. The van der Waals surface area contributed by atoms with Gasteiger partial charge < -0.3 is 4.74 Å². The normalized spacial score (nSPS) is 11.1. The highest BCUT2D eigenvalue weighted by atomic mass is 16.5. The summed E-state index contributed by atoms with van der Waals surface area (Å²) in [6.45, 7) is 2.38. The second-order valence-electron chi connectivity index (χ2n) is 5.04. The van der Waals surface area contributed by atoms with Crippen LogP contribution in [0.5, 0.6) is 0 Å². The van der Waals surface area contributed by atoms with Gasteiger partial charge in [0.1, 0.15) is 6.61 Å². The summed E-state index contributed by atoms with van der Waals surface area (Å²) < 4.78 is 5.16. The number of hydrogen-bond acceptors (Lipinski definition) is 2. The average Bonchev–Trinajstić information content (AvgIpc) is 2.55. The molecule has 2 aromatic carbocycles. The van der Waals surface area contributed by atoms with E-state index in [-0.39, 0.29) is 5.97 Å². The van der Waals surface area contributed by atoms with Crippen molar-refractivity contribution in [1.82, 2.24) is 0 Å². The fourth-order valence-corrected chi connectivity index (χ4v) is 1.90. The molecule has 0 aliphatic heterocycles. The molecule has 22 heavy (non-hydrogen) atoms. The number of carbonyl (C=O) groups is 1. The maximum absolute atomic E-state index is 11.6. The lowest BCUT2D eigenvalue weighted by atomic mass is 10.1. The van der Waals surface area contributed by atoms with Crippen molar-refractivity contribution in [3.8, 4) is 0 Å². The number of esters is 1. The molecule has 2 aromatic rings. The van der Waals surface area contributed by atoms with Crippen LogP contribution in [0.1, 0.15) is 23.1 Å². The predicted octanol–water partition coefficient (Wildman–Crippen LogP) is 4.70. The lowest BCUT2D eigenvalue weighted by molar-refractivity contribution is -0.139. The molecule has 0 spiro atoms. The first-order chi connectivity index (χ1) is 10.7. The molecule has 0 bridgehead atoms. The van der Waals surface area contributed by atoms with Crippen LogP contribution in [0.15, 0.2) is 72.8 Å². The molecule has 0 aliphatic carbocycles. The Bertz CT molecular complexity index is 637. The second kappa shape index (κ2) is 8.63. The van der Waals surface area contributed by atoms with E-state index in [4.69, 9.17) is 4.74 Å². The van der Waals surface area contributed by atoms with Gasteiger partial charge in [-0.1, -0.05) is 78.4 Å². The molecule has 0 saturated carbocycles. The van der Waals surface area contributed by atoms with Crippen LogP contribution in [-0.2, 0) is 16.1 Å². The van der Waals surface area contributed by atoms with Crippen LogP contribution in [0.3, 0.4) is 0 Å². The van der Waals surface area contributed by atoms with Crippen molar-refractivity contribution >= 4 is 12.0 Å². The van der Waals surface area contributed by atoms with E-state index in [1.54, 1.807) is 6.08 Å². The summed E-state index contributed by atoms with van der Waals surface area (Å²) in [5, 5.41) is 0. The zero-order valence-corrected chi connectivity index (χ0v) is 12.7. The molecule has 0 fully saturated rings. The average molecular weight is 292 g/mol. The van der Waals surface area contributed by atoms with E-state index in [9.17, 15) is 4.79 Å². The summed E-state index contributed by atoms with van der Waals surface area (Å²) in [4.78, 5) is 11.6. The summed E-state index contributed by atoms with van der Waals surface area (Å²) in [6.07, 6.45) is 8.04. The van der Waals surface area contributed by atoms with Crippen LogP contribution in [0.4, 0.5) is 0 Å². The zero-order valence-electron chi connectivity index (χ0n) is 12.7. The Morgan fingerprint density at radius 1 is 1.00 bits per heavy atom. The van der Waals surface area contributed by atoms with Crippen molar-refractivity contribution in [2.75, 3.05) is 0 Å². The molecule has 112 valence electrons. The molecule has 0 N–H and O–H groups in total. The zero-order chi connectivity index (χ0) is 15.6. The van der Waals surface area contributed by atoms with Crippen LogP contribution in [0.2, 0.25) is 0 Å². The Morgan fingerprint density at radius 3 is 2.45 bits per heavy atom. The summed E-state index contributed by atoms with van der Waals surface area (Å²) >= 11 is 0. The molecule has 0 saturated heterocycles. The van der Waals surface area contributed by atoms with E-state index in [1.165, 1.54) is 11.6 Å². The lowest BCUT2D eigenvalue weighted by Gasteiger charge is -2.01. The monoisotopic (exact) mass is 292 g/mol. The summed E-state index contributed by atoms with van der Waals surface area (Å²) in [6, 6.07) is 18.0. The third kappa shape index (κ3) is 5.80. The molecule has 0 unspecified atom stereocenters. The smallest absolute Gasteiger partial charge is 0.330 e. The largest absolute Gasteiger partial charge is 0.458 e. The Kier molecular flexibility index (Phi) is 6.18. The first-order valence-corrected chi connectivity index (χ1v) is 7.34. The maximum atomic E-state index is 11.6. The third-order valence-electron chi connectivity index (χ3n) is 3.14. The molecule has 0 heterocycles. The minimum absolute atomic E-state index is 0.309. The second-order valence-corrected chi connectivity index (χ2v) is 5.04. The first-order valence-electron chi connectivity index (χ1n) is 7.34. The first kappa shape index (κ1) is 15.8. The van der Waals surface area contributed by atoms with E-state index in [1.807, 2.05) is 42.5 Å². The minimum atomic E-state index is -0.312. The fourth-order valence-electron chi connectivity index (χ4n) is 1.90. The Balaban J connectivity index is 1.70. The Morgan fingerprint density at radius 2 is 1.73 bits per heavy atom. The van der Waals surface area contributed by atoms with Crippen LogP contribution >= 0.6 is 0 Å². The summed E-state index contributed by atoms with van der Waals surface area (Å²) in [5.41, 5.74) is 3.40.